The quantitative estimate of drug-likeness (QED) is 0.685. The molecule has 0 N–H and O–H groups in total. The van der Waals surface area contributed by atoms with Crippen molar-refractivity contribution in [2.45, 2.75) is 25.6 Å². The van der Waals surface area contributed by atoms with Gasteiger partial charge in [0.1, 0.15) is 0 Å². The van der Waals surface area contributed by atoms with E-state index < -0.39 is 0 Å². The van der Waals surface area contributed by atoms with Gasteiger partial charge in [0, 0.05) is 43.4 Å². The van der Waals surface area contributed by atoms with E-state index in [4.69, 9.17) is 4.74 Å². The van der Waals surface area contributed by atoms with Crippen LogP contribution in [0.3, 0.4) is 0 Å². The molecular weight excluding hydrogens is 352 g/mol. The van der Waals surface area contributed by atoms with E-state index in [2.05, 4.69) is 27.1 Å². The molecule has 3 aromatic rings. The molecule has 1 amide bonds. The van der Waals surface area contributed by atoms with Crippen LogP contribution in [0.2, 0.25) is 0 Å². The predicted molar refractivity (Wildman–Crippen MR) is 105 cm³/mol. The van der Waals surface area contributed by atoms with Gasteiger partial charge in [0.25, 0.3) is 5.91 Å². The lowest BCUT2D eigenvalue weighted by molar-refractivity contribution is -0.000396. The van der Waals surface area contributed by atoms with E-state index in [1.54, 1.807) is 24.8 Å². The van der Waals surface area contributed by atoms with Gasteiger partial charge < -0.3 is 9.64 Å². The van der Waals surface area contributed by atoms with Crippen molar-refractivity contribution in [1.82, 2.24) is 19.9 Å². The molecule has 1 aliphatic heterocycles. The summed E-state index contributed by atoms with van der Waals surface area (Å²) >= 11 is 0. The first-order valence-electron chi connectivity index (χ1n) is 9.47. The molecule has 3 heterocycles. The van der Waals surface area contributed by atoms with Crippen molar-refractivity contribution in [2.75, 3.05) is 13.1 Å². The Morgan fingerprint density at radius 1 is 1.00 bits per heavy atom. The largest absolute Gasteiger partial charge is 0.373 e. The van der Waals surface area contributed by atoms with Crippen LogP contribution in [-0.4, -0.2) is 45.0 Å². The van der Waals surface area contributed by atoms with E-state index >= 15 is 0 Å². The fourth-order valence-corrected chi connectivity index (χ4v) is 3.28. The van der Waals surface area contributed by atoms with Gasteiger partial charge in [0.05, 0.1) is 18.3 Å². The maximum absolute atomic E-state index is 12.7. The summed E-state index contributed by atoms with van der Waals surface area (Å²) in [4.78, 5) is 27.3. The molecule has 4 rings (SSSR count). The van der Waals surface area contributed by atoms with Gasteiger partial charge in [-0.3, -0.25) is 9.78 Å². The minimum absolute atomic E-state index is 0.0285. The standard InChI is InChI=1S/C22H22N4O2/c27-22(19-14-24-21(25-15-19)18-7-4-10-23-13-18)26-11-8-20(9-12-26)28-16-17-5-2-1-3-6-17/h1-7,10,13-15,20H,8-9,11-12,16H2. The lowest BCUT2D eigenvalue weighted by Gasteiger charge is -2.32. The zero-order valence-electron chi connectivity index (χ0n) is 15.6. The normalized spacial score (nSPS) is 14.8. The minimum atomic E-state index is -0.0285. The van der Waals surface area contributed by atoms with E-state index in [1.807, 2.05) is 35.2 Å². The highest BCUT2D eigenvalue weighted by Gasteiger charge is 2.24. The van der Waals surface area contributed by atoms with E-state index in [0.29, 0.717) is 31.1 Å². The summed E-state index contributed by atoms with van der Waals surface area (Å²) in [5.74, 6) is 0.539. The molecule has 0 aliphatic carbocycles. The Morgan fingerprint density at radius 3 is 2.43 bits per heavy atom. The number of pyridine rings is 1. The van der Waals surface area contributed by atoms with Crippen molar-refractivity contribution in [3.63, 3.8) is 0 Å². The summed E-state index contributed by atoms with van der Waals surface area (Å²) in [6, 6.07) is 13.9. The SMILES string of the molecule is O=C(c1cnc(-c2cccnc2)nc1)N1CCC(OCc2ccccc2)CC1. The molecule has 28 heavy (non-hydrogen) atoms. The molecule has 1 fully saturated rings. The zero-order valence-corrected chi connectivity index (χ0v) is 15.6. The van der Waals surface area contributed by atoms with Crippen LogP contribution in [0.4, 0.5) is 0 Å². The second-order valence-corrected chi connectivity index (χ2v) is 6.83. The van der Waals surface area contributed by atoms with E-state index in [1.165, 1.54) is 5.56 Å². The van der Waals surface area contributed by atoms with Crippen molar-refractivity contribution >= 4 is 5.91 Å². The first-order chi connectivity index (χ1) is 13.8. The van der Waals surface area contributed by atoms with Crippen LogP contribution < -0.4 is 0 Å². The monoisotopic (exact) mass is 374 g/mol. The first-order valence-corrected chi connectivity index (χ1v) is 9.47. The topological polar surface area (TPSA) is 68.2 Å². The van der Waals surface area contributed by atoms with Crippen LogP contribution in [-0.2, 0) is 11.3 Å². The number of nitrogens with zero attached hydrogens (tertiary/aromatic N) is 4. The summed E-state index contributed by atoms with van der Waals surface area (Å²) in [7, 11) is 0. The summed E-state index contributed by atoms with van der Waals surface area (Å²) < 4.78 is 6.00. The second kappa shape index (κ2) is 8.71. The molecule has 1 saturated heterocycles. The number of hydrogen-bond donors (Lipinski definition) is 0. The molecule has 0 unspecified atom stereocenters. The van der Waals surface area contributed by atoms with Crippen molar-refractivity contribution in [2.24, 2.45) is 0 Å². The Balaban J connectivity index is 1.30. The Bertz CT molecular complexity index is 893. The summed E-state index contributed by atoms with van der Waals surface area (Å²) in [6.45, 7) is 1.98. The molecule has 1 aromatic carbocycles. The number of carbonyl (C=O) groups excluding carboxylic acids is 1. The third kappa shape index (κ3) is 4.40. The predicted octanol–water partition coefficient (Wildman–Crippen LogP) is 3.36. The highest BCUT2D eigenvalue weighted by atomic mass is 16.5. The number of carbonyl (C=O) groups is 1. The molecule has 0 bridgehead atoms. The van der Waals surface area contributed by atoms with Gasteiger partial charge in [-0.15, -0.1) is 0 Å². The van der Waals surface area contributed by atoms with E-state index in [0.717, 1.165) is 18.4 Å². The average molecular weight is 374 g/mol. The Morgan fingerprint density at radius 2 is 1.75 bits per heavy atom. The van der Waals surface area contributed by atoms with Gasteiger partial charge in [-0.25, -0.2) is 9.97 Å². The summed E-state index contributed by atoms with van der Waals surface area (Å²) in [5, 5.41) is 0. The molecular formula is C22H22N4O2. The Labute approximate surface area is 164 Å². The molecule has 0 spiro atoms. The minimum Gasteiger partial charge on any atom is -0.373 e. The van der Waals surface area contributed by atoms with Gasteiger partial charge in [-0.05, 0) is 30.5 Å². The molecule has 1 aliphatic rings. The van der Waals surface area contributed by atoms with Gasteiger partial charge in [0.15, 0.2) is 5.82 Å². The number of benzene rings is 1. The number of ether oxygens (including phenoxy) is 1. The van der Waals surface area contributed by atoms with Crippen LogP contribution in [0.1, 0.15) is 28.8 Å². The molecule has 142 valence electrons. The van der Waals surface area contributed by atoms with Crippen molar-refractivity contribution in [1.29, 1.82) is 0 Å². The third-order valence-corrected chi connectivity index (χ3v) is 4.88. The maximum Gasteiger partial charge on any atom is 0.256 e. The lowest BCUT2D eigenvalue weighted by Crippen LogP contribution is -2.40. The fraction of sp³-hybridized carbons (Fsp3) is 0.273. The van der Waals surface area contributed by atoms with Gasteiger partial charge in [0.2, 0.25) is 0 Å². The van der Waals surface area contributed by atoms with Crippen molar-refractivity contribution in [3.8, 4) is 11.4 Å². The molecule has 0 atom stereocenters. The number of aromatic nitrogens is 3. The second-order valence-electron chi connectivity index (χ2n) is 6.83. The lowest BCUT2D eigenvalue weighted by atomic mass is 10.1. The fourth-order valence-electron chi connectivity index (χ4n) is 3.28. The van der Waals surface area contributed by atoms with Gasteiger partial charge in [-0.1, -0.05) is 30.3 Å². The smallest absolute Gasteiger partial charge is 0.256 e. The maximum atomic E-state index is 12.7. The van der Waals surface area contributed by atoms with Crippen molar-refractivity contribution < 1.29 is 9.53 Å². The zero-order chi connectivity index (χ0) is 19.2. The molecule has 0 radical (unpaired) electrons. The first kappa shape index (κ1) is 18.3. The van der Waals surface area contributed by atoms with Crippen LogP contribution in [0.15, 0.2) is 67.3 Å². The Kier molecular flexibility index (Phi) is 5.68. The number of likely N-dealkylation sites (tertiary alicyclic amines) is 1. The van der Waals surface area contributed by atoms with E-state index in [9.17, 15) is 4.79 Å². The highest BCUT2D eigenvalue weighted by molar-refractivity contribution is 5.93. The molecule has 0 saturated carbocycles. The van der Waals surface area contributed by atoms with Gasteiger partial charge >= 0.3 is 0 Å². The molecule has 6 nitrogen and oxygen atoms in total. The number of hydrogen-bond acceptors (Lipinski definition) is 5. The van der Waals surface area contributed by atoms with Crippen LogP contribution in [0.5, 0.6) is 0 Å². The molecule has 6 heteroatoms. The van der Waals surface area contributed by atoms with Crippen molar-refractivity contribution in [3.05, 3.63) is 78.4 Å². The summed E-state index contributed by atoms with van der Waals surface area (Å²) in [5.41, 5.74) is 2.51. The van der Waals surface area contributed by atoms with Gasteiger partial charge in [-0.2, -0.15) is 0 Å². The van der Waals surface area contributed by atoms with Crippen LogP contribution in [0.25, 0.3) is 11.4 Å². The number of piperidine rings is 1. The summed E-state index contributed by atoms with van der Waals surface area (Å²) in [6.07, 6.45) is 8.46. The molecule has 2 aromatic heterocycles. The Hall–Kier alpha value is -3.12. The third-order valence-electron chi connectivity index (χ3n) is 4.88. The highest BCUT2D eigenvalue weighted by Crippen LogP contribution is 2.18. The average Bonchev–Trinajstić information content (AvgIpc) is 2.79. The van der Waals surface area contributed by atoms with Crippen LogP contribution >= 0.6 is 0 Å². The van der Waals surface area contributed by atoms with Crippen LogP contribution in [0, 0.1) is 0 Å². The van der Waals surface area contributed by atoms with E-state index in [-0.39, 0.29) is 12.0 Å². The number of amides is 1. The number of rotatable bonds is 5.